The van der Waals surface area contributed by atoms with Crippen LogP contribution in [0, 0.1) is 50.2 Å². The number of aliphatic hydroxyl groups excluding tert-OH is 1. The molecule has 0 spiro atoms. The van der Waals surface area contributed by atoms with E-state index in [2.05, 4.69) is 61.5 Å². The highest BCUT2D eigenvalue weighted by molar-refractivity contribution is 5.95. The van der Waals surface area contributed by atoms with Crippen molar-refractivity contribution in [3.8, 4) is 0 Å². The number of aliphatic hydroxyl groups is 1. The maximum Gasteiger partial charge on any atom is 0.311 e. The monoisotopic (exact) mass is 723 g/mol. The van der Waals surface area contributed by atoms with Gasteiger partial charge in [-0.25, -0.2) is 0 Å². The molecule has 0 aromatic carbocycles. The van der Waals surface area contributed by atoms with Gasteiger partial charge in [0.15, 0.2) is 5.78 Å². The Kier molecular flexibility index (Phi) is 13.7. The van der Waals surface area contributed by atoms with Crippen molar-refractivity contribution in [2.24, 2.45) is 50.2 Å². The van der Waals surface area contributed by atoms with E-state index in [4.69, 9.17) is 4.74 Å². The summed E-state index contributed by atoms with van der Waals surface area (Å²) in [5, 5.41) is 11.0. The zero-order valence-electron chi connectivity index (χ0n) is 35.4. The van der Waals surface area contributed by atoms with Crippen LogP contribution in [0.1, 0.15) is 216 Å². The first kappa shape index (κ1) is 42.0. The van der Waals surface area contributed by atoms with Crippen molar-refractivity contribution in [3.63, 3.8) is 0 Å². The van der Waals surface area contributed by atoms with Crippen LogP contribution in [0.25, 0.3) is 0 Å². The molecule has 0 saturated heterocycles. The molecule has 9 atom stereocenters. The number of ketones is 1. The van der Waals surface area contributed by atoms with E-state index in [0.717, 1.165) is 70.6 Å². The third kappa shape index (κ3) is 8.05. The SMILES string of the molecule is CCCCCCCCCCCCCCCCCCOC(=O)[C@@]1(C)CC[C@]2(C)CC[C@]3(C)C(=CC(=O)[C@@H]4[C@@]5(C)CC[C@H](O)C(C)(C)[C@@H]5CC[C@]43C)[C@@H]2C1. The van der Waals surface area contributed by atoms with Crippen LogP contribution in [0.5, 0.6) is 0 Å². The summed E-state index contributed by atoms with van der Waals surface area (Å²) in [4.78, 5) is 28.4. The summed E-state index contributed by atoms with van der Waals surface area (Å²) in [5.41, 5.74) is 0.546. The topological polar surface area (TPSA) is 63.6 Å². The molecule has 52 heavy (non-hydrogen) atoms. The second-order valence-electron chi connectivity index (χ2n) is 21.1. The summed E-state index contributed by atoms with van der Waals surface area (Å²) in [6.07, 6.45) is 32.1. The average Bonchev–Trinajstić information content (AvgIpc) is 3.09. The molecule has 0 unspecified atom stereocenters. The molecule has 4 fully saturated rings. The normalized spacial score (nSPS) is 39.5. The molecule has 5 aliphatic rings. The first-order chi connectivity index (χ1) is 24.6. The largest absolute Gasteiger partial charge is 0.465 e. The Labute approximate surface area is 320 Å². The molecule has 0 bridgehead atoms. The lowest BCUT2D eigenvalue weighted by atomic mass is 9.33. The zero-order valence-corrected chi connectivity index (χ0v) is 35.4. The van der Waals surface area contributed by atoms with E-state index >= 15 is 0 Å². The Bertz CT molecular complexity index is 1250. The van der Waals surface area contributed by atoms with Gasteiger partial charge in [0.05, 0.1) is 18.1 Å². The van der Waals surface area contributed by atoms with Gasteiger partial charge in [-0.2, -0.15) is 0 Å². The molecule has 0 radical (unpaired) electrons. The van der Waals surface area contributed by atoms with E-state index in [1.807, 2.05) is 0 Å². The van der Waals surface area contributed by atoms with Gasteiger partial charge in [-0.1, -0.05) is 150 Å². The van der Waals surface area contributed by atoms with E-state index in [-0.39, 0.29) is 51.0 Å². The van der Waals surface area contributed by atoms with Crippen LogP contribution in [-0.4, -0.2) is 29.6 Å². The number of fused-ring (bicyclic) bond motifs is 7. The highest BCUT2D eigenvalue weighted by Gasteiger charge is 2.70. The van der Waals surface area contributed by atoms with Crippen molar-refractivity contribution in [1.29, 1.82) is 0 Å². The average molecular weight is 723 g/mol. The second-order valence-corrected chi connectivity index (χ2v) is 21.1. The second kappa shape index (κ2) is 16.9. The van der Waals surface area contributed by atoms with Gasteiger partial charge >= 0.3 is 5.97 Å². The molecule has 0 aliphatic heterocycles. The number of hydrogen-bond acceptors (Lipinski definition) is 4. The number of rotatable bonds is 18. The van der Waals surface area contributed by atoms with Gasteiger partial charge in [0.1, 0.15) is 0 Å². The smallest absolute Gasteiger partial charge is 0.311 e. The Morgan fingerprint density at radius 2 is 1.25 bits per heavy atom. The lowest BCUT2D eigenvalue weighted by Crippen LogP contribution is -2.66. The van der Waals surface area contributed by atoms with Gasteiger partial charge in [0.2, 0.25) is 0 Å². The number of ether oxygens (including phenoxy) is 1. The molecule has 5 rings (SSSR count). The van der Waals surface area contributed by atoms with Crippen molar-refractivity contribution in [2.45, 2.75) is 222 Å². The molecular formula is C48H82O4. The zero-order chi connectivity index (χ0) is 37.8. The fraction of sp³-hybridized carbons (Fsp3) is 0.917. The Balaban J connectivity index is 1.10. The summed E-state index contributed by atoms with van der Waals surface area (Å²) in [6, 6.07) is 0. The first-order valence-electron chi connectivity index (χ1n) is 22.7. The van der Waals surface area contributed by atoms with Gasteiger partial charge < -0.3 is 9.84 Å². The minimum atomic E-state index is -0.494. The van der Waals surface area contributed by atoms with Crippen molar-refractivity contribution >= 4 is 11.8 Å². The Morgan fingerprint density at radius 1 is 0.712 bits per heavy atom. The summed E-state index contributed by atoms with van der Waals surface area (Å²) < 4.78 is 6.06. The molecule has 298 valence electrons. The fourth-order valence-corrected chi connectivity index (χ4v) is 13.3. The summed E-state index contributed by atoms with van der Waals surface area (Å²) in [6.45, 7) is 19.3. The summed E-state index contributed by atoms with van der Waals surface area (Å²) >= 11 is 0. The van der Waals surface area contributed by atoms with E-state index in [1.165, 1.54) is 95.5 Å². The van der Waals surface area contributed by atoms with E-state index < -0.39 is 5.41 Å². The van der Waals surface area contributed by atoms with Crippen molar-refractivity contribution in [1.82, 2.24) is 0 Å². The standard InChI is InChI=1S/C48H82O4/c1-9-10-11-12-13-14-15-16-17-18-19-20-21-22-23-24-33-52-42(51)45(5)30-29-44(4)31-32-47(7)36(37(44)35-45)34-38(49)41-46(6)27-26-40(50)43(2,3)39(46)25-28-48(41,47)8/h34,37,39-41,50H,9-33,35H2,1-8H3/t37-,39-,40-,41+,44+,45-,46-,47+,48+/m0/s1. The van der Waals surface area contributed by atoms with Gasteiger partial charge in [-0.05, 0) is 116 Å². The maximum absolute atomic E-state index is 14.6. The van der Waals surface area contributed by atoms with Crippen LogP contribution in [0.15, 0.2) is 11.6 Å². The minimum Gasteiger partial charge on any atom is -0.465 e. The quantitative estimate of drug-likeness (QED) is 0.113. The predicted octanol–water partition coefficient (Wildman–Crippen LogP) is 13.1. The molecule has 5 aliphatic carbocycles. The van der Waals surface area contributed by atoms with Crippen LogP contribution in [0.3, 0.4) is 0 Å². The molecule has 0 heterocycles. The van der Waals surface area contributed by atoms with Crippen molar-refractivity contribution in [3.05, 3.63) is 11.6 Å². The third-order valence-corrected chi connectivity index (χ3v) is 17.3. The molecule has 4 nitrogen and oxygen atoms in total. The molecule has 0 aromatic heterocycles. The lowest BCUT2D eigenvalue weighted by molar-refractivity contribution is -0.202. The number of carbonyl (C=O) groups is 2. The maximum atomic E-state index is 14.6. The molecular weight excluding hydrogens is 641 g/mol. The Hall–Kier alpha value is -1.16. The first-order valence-corrected chi connectivity index (χ1v) is 22.7. The minimum absolute atomic E-state index is 0.00868. The summed E-state index contributed by atoms with van der Waals surface area (Å²) in [5.74, 6) is 0.899. The lowest BCUT2D eigenvalue weighted by Gasteiger charge is -2.70. The third-order valence-electron chi connectivity index (χ3n) is 17.3. The van der Waals surface area contributed by atoms with E-state index in [1.54, 1.807) is 0 Å². The Morgan fingerprint density at radius 3 is 1.83 bits per heavy atom. The van der Waals surface area contributed by atoms with Gasteiger partial charge in [0, 0.05) is 5.92 Å². The van der Waals surface area contributed by atoms with Crippen LogP contribution < -0.4 is 0 Å². The number of allylic oxidation sites excluding steroid dienone is 2. The van der Waals surface area contributed by atoms with Crippen LogP contribution in [0.4, 0.5) is 0 Å². The summed E-state index contributed by atoms with van der Waals surface area (Å²) in [7, 11) is 0. The molecule has 1 N–H and O–H groups in total. The molecule has 0 aromatic rings. The highest BCUT2D eigenvalue weighted by atomic mass is 16.5. The fourth-order valence-electron chi connectivity index (χ4n) is 13.3. The van der Waals surface area contributed by atoms with Crippen LogP contribution >= 0.6 is 0 Å². The van der Waals surface area contributed by atoms with Crippen LogP contribution in [0.2, 0.25) is 0 Å². The van der Waals surface area contributed by atoms with E-state index in [9.17, 15) is 14.7 Å². The van der Waals surface area contributed by atoms with Crippen molar-refractivity contribution < 1.29 is 19.4 Å². The highest BCUT2D eigenvalue weighted by Crippen LogP contribution is 2.75. The van der Waals surface area contributed by atoms with Crippen molar-refractivity contribution in [2.75, 3.05) is 6.61 Å². The number of hydrogen-bond donors (Lipinski definition) is 1. The van der Waals surface area contributed by atoms with Gasteiger partial charge in [-0.15, -0.1) is 0 Å². The number of carbonyl (C=O) groups excluding carboxylic acids is 2. The van der Waals surface area contributed by atoms with Gasteiger partial charge in [-0.3, -0.25) is 9.59 Å². The molecule has 4 heteroatoms. The van der Waals surface area contributed by atoms with Crippen LogP contribution in [-0.2, 0) is 14.3 Å². The van der Waals surface area contributed by atoms with E-state index in [0.29, 0.717) is 18.3 Å². The number of unbranched alkanes of at least 4 members (excludes halogenated alkanes) is 15. The molecule has 0 amide bonds. The van der Waals surface area contributed by atoms with Gasteiger partial charge in [0.25, 0.3) is 0 Å². The predicted molar refractivity (Wildman–Crippen MR) is 216 cm³/mol. The number of esters is 1. The molecule has 4 saturated carbocycles.